The fourth-order valence-corrected chi connectivity index (χ4v) is 6.48. The normalized spacial score (nSPS) is 15.8. The van der Waals surface area contributed by atoms with Crippen molar-refractivity contribution in [2.75, 3.05) is 4.90 Å². The molecule has 0 atom stereocenters. The second kappa shape index (κ2) is 8.06. The van der Waals surface area contributed by atoms with Crippen LogP contribution >= 0.6 is 0 Å². The number of benzene rings is 3. The molecule has 39 heavy (non-hydrogen) atoms. The molecular formula is C34H32N4O. The number of para-hydroxylation sites is 1. The quantitative estimate of drug-likeness (QED) is 0.243. The zero-order valence-corrected chi connectivity index (χ0v) is 23.3. The van der Waals surface area contributed by atoms with E-state index in [1.807, 2.05) is 42.1 Å². The third-order valence-corrected chi connectivity index (χ3v) is 8.47. The van der Waals surface area contributed by atoms with Gasteiger partial charge < -0.3 is 4.74 Å². The first-order chi connectivity index (χ1) is 18.7. The van der Waals surface area contributed by atoms with Crippen molar-refractivity contribution in [3.8, 4) is 17.2 Å². The van der Waals surface area contributed by atoms with Crippen molar-refractivity contribution in [3.63, 3.8) is 0 Å². The molecular weight excluding hydrogens is 480 g/mol. The highest BCUT2D eigenvalue weighted by Crippen LogP contribution is 2.59. The van der Waals surface area contributed by atoms with Crippen LogP contribution in [0.5, 0.6) is 11.5 Å². The monoisotopic (exact) mass is 512 g/mol. The van der Waals surface area contributed by atoms with Crippen LogP contribution in [0.4, 0.5) is 17.2 Å². The van der Waals surface area contributed by atoms with E-state index in [1.54, 1.807) is 0 Å². The third kappa shape index (κ3) is 3.39. The summed E-state index contributed by atoms with van der Waals surface area (Å²) in [5.41, 5.74) is 10.2. The fraction of sp³-hybridized carbons (Fsp3) is 0.235. The van der Waals surface area contributed by atoms with Gasteiger partial charge in [0.15, 0.2) is 0 Å². The summed E-state index contributed by atoms with van der Waals surface area (Å²) in [4.78, 5) is 7.28. The highest BCUT2D eigenvalue weighted by molar-refractivity contribution is 5.91. The van der Waals surface area contributed by atoms with E-state index in [0.717, 1.165) is 40.1 Å². The molecule has 194 valence electrons. The topological polar surface area (TPSA) is 43.2 Å². The van der Waals surface area contributed by atoms with E-state index in [1.165, 1.54) is 27.9 Å². The van der Waals surface area contributed by atoms with E-state index < -0.39 is 0 Å². The molecule has 0 spiro atoms. The Kier molecular flexibility index (Phi) is 4.90. The maximum atomic E-state index is 6.49. The van der Waals surface area contributed by atoms with Gasteiger partial charge in [-0.2, -0.15) is 5.10 Å². The first kappa shape index (κ1) is 23.7. The number of rotatable bonds is 3. The summed E-state index contributed by atoms with van der Waals surface area (Å²) < 4.78 is 8.44. The lowest BCUT2D eigenvalue weighted by molar-refractivity contribution is 0.481. The van der Waals surface area contributed by atoms with E-state index in [9.17, 15) is 0 Å². The number of hydrogen-bond donors (Lipinski definition) is 0. The molecule has 2 aliphatic rings. The molecule has 0 amide bonds. The highest BCUT2D eigenvalue weighted by atomic mass is 16.5. The molecule has 0 saturated carbocycles. The summed E-state index contributed by atoms with van der Waals surface area (Å²) in [6.45, 7) is 13.3. The average Bonchev–Trinajstić information content (AvgIpc) is 3.26. The maximum Gasteiger partial charge on any atom is 0.141 e. The van der Waals surface area contributed by atoms with Crippen LogP contribution in [0.15, 0.2) is 85.1 Å². The summed E-state index contributed by atoms with van der Waals surface area (Å²) in [6.07, 6.45) is 1.90. The van der Waals surface area contributed by atoms with Gasteiger partial charge in [0.1, 0.15) is 17.3 Å². The zero-order valence-electron chi connectivity index (χ0n) is 23.3. The van der Waals surface area contributed by atoms with Crippen molar-refractivity contribution in [1.29, 1.82) is 0 Å². The molecule has 3 aromatic carbocycles. The summed E-state index contributed by atoms with van der Waals surface area (Å²) in [5, 5.41) is 4.64. The number of ether oxygens (including phenoxy) is 1. The standard InChI is InChI=1S/C34H32N4O/c1-21-18-22(2)38(36-21)23-10-7-11-24(19-23)39-25-15-16-26-30(20-25)37-31-27(33(26,3)4)12-8-13-28(31)34(5,6)29-14-9-17-35-32(29)37/h7-20H,1-6H3. The Labute approximate surface area is 229 Å². The molecule has 0 N–H and O–H groups in total. The number of fused-ring (bicyclic) bond motifs is 4. The van der Waals surface area contributed by atoms with Gasteiger partial charge >= 0.3 is 0 Å². The molecule has 5 aromatic rings. The van der Waals surface area contributed by atoms with Gasteiger partial charge in [-0.25, -0.2) is 9.67 Å². The van der Waals surface area contributed by atoms with Crippen LogP contribution in [-0.4, -0.2) is 14.8 Å². The van der Waals surface area contributed by atoms with Gasteiger partial charge in [-0.05, 0) is 60.9 Å². The van der Waals surface area contributed by atoms with Crippen LogP contribution in [0.25, 0.3) is 5.69 Å². The summed E-state index contributed by atoms with van der Waals surface area (Å²) in [7, 11) is 0. The van der Waals surface area contributed by atoms with E-state index >= 15 is 0 Å². The third-order valence-electron chi connectivity index (χ3n) is 8.47. The lowest BCUT2D eigenvalue weighted by atomic mass is 9.67. The van der Waals surface area contributed by atoms with Crippen molar-refractivity contribution in [2.24, 2.45) is 0 Å². The molecule has 0 aliphatic carbocycles. The van der Waals surface area contributed by atoms with E-state index in [-0.39, 0.29) is 10.8 Å². The molecule has 4 heterocycles. The summed E-state index contributed by atoms with van der Waals surface area (Å²) >= 11 is 0. The molecule has 0 saturated heterocycles. The minimum Gasteiger partial charge on any atom is -0.457 e. The predicted molar refractivity (Wildman–Crippen MR) is 156 cm³/mol. The fourth-order valence-electron chi connectivity index (χ4n) is 6.48. The van der Waals surface area contributed by atoms with Gasteiger partial charge in [-0.3, -0.25) is 4.90 Å². The van der Waals surface area contributed by atoms with Gasteiger partial charge in [0, 0.05) is 40.4 Å². The van der Waals surface area contributed by atoms with Gasteiger partial charge in [-0.1, -0.05) is 64.1 Å². The Hall–Kier alpha value is -4.38. The maximum absolute atomic E-state index is 6.49. The second-order valence-electron chi connectivity index (χ2n) is 11.8. The number of anilines is 3. The van der Waals surface area contributed by atoms with Crippen LogP contribution in [0.3, 0.4) is 0 Å². The van der Waals surface area contributed by atoms with Crippen molar-refractivity contribution >= 4 is 17.2 Å². The molecule has 0 fully saturated rings. The molecule has 2 aromatic heterocycles. The molecule has 0 unspecified atom stereocenters. The van der Waals surface area contributed by atoms with Crippen LogP contribution in [0.2, 0.25) is 0 Å². The number of pyridine rings is 1. The van der Waals surface area contributed by atoms with Crippen molar-refractivity contribution in [3.05, 3.63) is 119 Å². The Morgan fingerprint density at radius 2 is 1.38 bits per heavy atom. The smallest absolute Gasteiger partial charge is 0.141 e. The number of nitrogens with zero attached hydrogens (tertiary/aromatic N) is 4. The van der Waals surface area contributed by atoms with E-state index in [0.29, 0.717) is 0 Å². The van der Waals surface area contributed by atoms with Gasteiger partial charge in [-0.15, -0.1) is 0 Å². The second-order valence-corrected chi connectivity index (χ2v) is 11.8. The first-order valence-electron chi connectivity index (χ1n) is 13.5. The average molecular weight is 513 g/mol. The lowest BCUT2D eigenvalue weighted by Gasteiger charge is -2.48. The minimum atomic E-state index is -0.173. The van der Waals surface area contributed by atoms with E-state index in [4.69, 9.17) is 9.72 Å². The van der Waals surface area contributed by atoms with E-state index in [2.05, 4.69) is 99.2 Å². The zero-order chi connectivity index (χ0) is 27.1. The van der Waals surface area contributed by atoms with Gasteiger partial charge in [0.25, 0.3) is 0 Å². The molecule has 5 heteroatoms. The SMILES string of the molecule is Cc1cc(C)n(-c2cccc(Oc3ccc4c(c3)N3c5ncccc5C(C)(C)c5cccc(c53)C4(C)C)c2)n1. The van der Waals surface area contributed by atoms with Gasteiger partial charge in [0.2, 0.25) is 0 Å². The Balaban J connectivity index is 1.37. The van der Waals surface area contributed by atoms with Gasteiger partial charge in [0.05, 0.1) is 22.8 Å². The number of aryl methyl sites for hydroxylation is 2. The molecule has 7 rings (SSSR count). The number of aromatic nitrogens is 3. The summed E-state index contributed by atoms with van der Waals surface area (Å²) in [6, 6.07) is 27.6. The molecule has 2 aliphatic heterocycles. The molecule has 0 bridgehead atoms. The molecule has 0 radical (unpaired) electrons. The Bertz CT molecular complexity index is 1760. The Morgan fingerprint density at radius 1 is 0.692 bits per heavy atom. The lowest BCUT2D eigenvalue weighted by Crippen LogP contribution is -2.38. The molecule has 5 nitrogen and oxygen atoms in total. The summed E-state index contributed by atoms with van der Waals surface area (Å²) in [5.74, 6) is 2.55. The highest BCUT2D eigenvalue weighted by Gasteiger charge is 2.45. The van der Waals surface area contributed by atoms with Crippen LogP contribution in [-0.2, 0) is 10.8 Å². The van der Waals surface area contributed by atoms with Crippen LogP contribution in [0, 0.1) is 13.8 Å². The predicted octanol–water partition coefficient (Wildman–Crippen LogP) is 8.42. The van der Waals surface area contributed by atoms with Crippen molar-refractivity contribution < 1.29 is 4.74 Å². The largest absolute Gasteiger partial charge is 0.457 e. The van der Waals surface area contributed by atoms with Crippen LogP contribution < -0.4 is 9.64 Å². The number of hydrogen-bond acceptors (Lipinski definition) is 4. The first-order valence-corrected chi connectivity index (χ1v) is 13.5. The Morgan fingerprint density at radius 3 is 2.13 bits per heavy atom. The van der Waals surface area contributed by atoms with Crippen LogP contribution in [0.1, 0.15) is 61.3 Å². The van der Waals surface area contributed by atoms with Crippen molar-refractivity contribution in [1.82, 2.24) is 14.8 Å². The minimum absolute atomic E-state index is 0.156. The van der Waals surface area contributed by atoms with Crippen molar-refractivity contribution in [2.45, 2.75) is 52.4 Å².